The van der Waals surface area contributed by atoms with Crippen molar-refractivity contribution in [2.24, 2.45) is 0 Å². The lowest BCUT2D eigenvalue weighted by molar-refractivity contribution is -0.337. The van der Waals surface area contributed by atoms with E-state index in [2.05, 4.69) is 19.2 Å². The van der Waals surface area contributed by atoms with Crippen LogP contribution in [0.3, 0.4) is 0 Å². The molecule has 0 spiro atoms. The first-order valence-corrected chi connectivity index (χ1v) is 37.3. The molecule has 534 valence electrons. The topological polar surface area (TPSA) is 442 Å². The Hall–Kier alpha value is -0.950. The molecule has 2 saturated carbocycles. The Kier molecular flexibility index (Phi) is 42.8. The molecule has 1 heterocycles. The largest absolute Gasteiger partial charge is 0.472 e. The molecule has 3 fully saturated rings. The quantitative estimate of drug-likeness (QED) is 0.0277. The third-order valence-electron chi connectivity index (χ3n) is 17.9. The highest BCUT2D eigenvalue weighted by Gasteiger charge is 2.56. The van der Waals surface area contributed by atoms with Crippen LogP contribution < -0.4 is 5.32 Å². The van der Waals surface area contributed by atoms with E-state index in [1.807, 2.05) is 0 Å². The first-order chi connectivity index (χ1) is 42.9. The lowest BCUT2D eigenvalue weighted by atomic mass is 9.84. The molecule has 1 aliphatic heterocycles. The van der Waals surface area contributed by atoms with Crippen molar-refractivity contribution >= 4 is 21.6 Å². The summed E-state index contributed by atoms with van der Waals surface area (Å²) >= 11 is 0. The van der Waals surface area contributed by atoms with Gasteiger partial charge in [0.15, 0.2) is 6.29 Å². The lowest BCUT2D eigenvalue weighted by Gasteiger charge is -2.47. The summed E-state index contributed by atoms with van der Waals surface area (Å²) in [7, 11) is -11.1. The SMILES string of the molecule is CCCCCCCCCCCCCCCCCCCCCCC(O)C(=O)N[C@@H](COP(=O)(O)O[C@H]1C(O)C(O)C(O)[C@@H](O)C1O[C@H]1O[C@H](COP(=O)(O)OC2C(O)C(O)C(O)[C@@H](O)C2O)[C@@H](O)C(O)C1O)[C@H](O)CCCCCCCCCCCCCCCCC. The van der Waals surface area contributed by atoms with Gasteiger partial charge in [-0.15, -0.1) is 0 Å². The van der Waals surface area contributed by atoms with Crippen molar-refractivity contribution in [3.8, 4) is 0 Å². The second-order valence-corrected chi connectivity index (χ2v) is 28.5. The number of hydrogen-bond donors (Lipinski definition) is 17. The summed E-state index contributed by atoms with van der Waals surface area (Å²) in [5.41, 5.74) is 0. The average molecular weight is 1340 g/mol. The number of aliphatic hydroxyl groups excluding tert-OH is 14. The molecule has 14 unspecified atom stereocenters. The Balaban J connectivity index is 1.58. The van der Waals surface area contributed by atoms with E-state index in [1.165, 1.54) is 148 Å². The van der Waals surface area contributed by atoms with Gasteiger partial charge in [0.05, 0.1) is 25.4 Å². The number of rotatable bonds is 52. The number of nitrogens with one attached hydrogen (secondary N) is 1. The average Bonchev–Trinajstić information content (AvgIpc) is 1.14. The number of phosphoric acid groups is 2. The van der Waals surface area contributed by atoms with Gasteiger partial charge < -0.3 is 96.1 Å². The molecule has 22 atom stereocenters. The van der Waals surface area contributed by atoms with Crippen LogP contribution in [0.2, 0.25) is 0 Å². The van der Waals surface area contributed by atoms with Gasteiger partial charge in [-0.25, -0.2) is 9.13 Å². The molecule has 3 aliphatic rings. The molecule has 0 aromatic heterocycles. The number of ether oxygens (including phenoxy) is 2. The summed E-state index contributed by atoms with van der Waals surface area (Å²) in [4.78, 5) is 35.1. The molecule has 17 N–H and O–H groups in total. The van der Waals surface area contributed by atoms with Crippen molar-refractivity contribution in [3.05, 3.63) is 0 Å². The van der Waals surface area contributed by atoms with Gasteiger partial charge in [0.2, 0.25) is 5.91 Å². The summed E-state index contributed by atoms with van der Waals surface area (Å²) in [5, 5.41) is 151. The first-order valence-electron chi connectivity index (χ1n) is 34.3. The summed E-state index contributed by atoms with van der Waals surface area (Å²) in [5.74, 6) is -0.874. The zero-order valence-electron chi connectivity index (χ0n) is 53.8. The van der Waals surface area contributed by atoms with Crippen LogP contribution in [0, 0.1) is 0 Å². The van der Waals surface area contributed by atoms with Crippen LogP contribution in [-0.4, -0.2) is 223 Å². The minimum atomic E-state index is -5.59. The van der Waals surface area contributed by atoms with Gasteiger partial charge in [0.25, 0.3) is 0 Å². The van der Waals surface area contributed by atoms with Crippen molar-refractivity contribution in [2.75, 3.05) is 13.2 Å². The summed E-state index contributed by atoms with van der Waals surface area (Å²) in [6.07, 6.45) is -0.342. The van der Waals surface area contributed by atoms with Crippen LogP contribution in [0.1, 0.15) is 251 Å². The molecule has 1 amide bonds. The molecule has 1 saturated heterocycles. The zero-order valence-corrected chi connectivity index (χ0v) is 55.6. The Morgan fingerprint density at radius 2 is 0.711 bits per heavy atom. The summed E-state index contributed by atoms with van der Waals surface area (Å²) < 4.78 is 57.9. The molecule has 26 nitrogen and oxygen atoms in total. The van der Waals surface area contributed by atoms with Crippen LogP contribution in [0.5, 0.6) is 0 Å². The fourth-order valence-electron chi connectivity index (χ4n) is 12.0. The standard InChI is InChI=1S/C62H121NO25P2/c1-3-5-7-9-11-13-15-17-19-20-21-22-23-25-27-29-31-33-35-37-39-44(65)61(78)63-42(43(64)38-36-34-32-30-28-26-24-18-16-14-12-10-8-6-4-2)40-83-89(79,80)88-60-56(76)52(72)51(71)55(75)59(60)86-62-57(77)47(67)46(66)45(85-62)41-84-90(81,82)87-58-53(73)49(69)48(68)50(70)54(58)74/h42-60,62,64-77H,3-41H2,1-2H3,(H,63,78)(H,79,80)(H,81,82)/t42-,43+,44?,45+,46+,47?,48?,49+,50?,51?,52?,53?,54?,55+,56?,57?,58?,59?,60-,62+/m0/s1. The number of phosphoric ester groups is 2. The van der Waals surface area contributed by atoms with Gasteiger partial charge in [-0.05, 0) is 12.8 Å². The van der Waals surface area contributed by atoms with Crippen LogP contribution in [-0.2, 0) is 41.5 Å². The lowest BCUT2D eigenvalue weighted by Crippen LogP contribution is -2.67. The van der Waals surface area contributed by atoms with Crippen molar-refractivity contribution in [1.29, 1.82) is 0 Å². The van der Waals surface area contributed by atoms with E-state index in [4.69, 9.17) is 27.6 Å². The number of carbonyl (C=O) groups is 1. The summed E-state index contributed by atoms with van der Waals surface area (Å²) in [6, 6.07) is -1.42. The first kappa shape index (κ1) is 83.3. The van der Waals surface area contributed by atoms with E-state index in [0.717, 1.165) is 64.2 Å². The number of amides is 1. The highest BCUT2D eigenvalue weighted by atomic mass is 31.2. The van der Waals surface area contributed by atoms with Crippen molar-refractivity contribution in [2.45, 2.75) is 374 Å². The summed E-state index contributed by atoms with van der Waals surface area (Å²) in [6.45, 7) is 2.28. The normalized spacial score (nSPS) is 31.4. The zero-order chi connectivity index (χ0) is 66.7. The van der Waals surface area contributed by atoms with Gasteiger partial charge in [-0.3, -0.25) is 22.9 Å². The molecule has 0 aromatic carbocycles. The maximum atomic E-state index is 13.8. The second-order valence-electron chi connectivity index (χ2n) is 25.6. The van der Waals surface area contributed by atoms with E-state index in [9.17, 15) is 95.2 Å². The fourth-order valence-corrected chi connectivity index (χ4v) is 13.9. The molecule has 0 bridgehead atoms. The molecule has 90 heavy (non-hydrogen) atoms. The minimum absolute atomic E-state index is 0.104. The number of hydrogen-bond acceptors (Lipinski definition) is 23. The van der Waals surface area contributed by atoms with Crippen LogP contribution in [0.25, 0.3) is 0 Å². The highest BCUT2D eigenvalue weighted by Crippen LogP contribution is 2.49. The maximum absolute atomic E-state index is 13.8. The van der Waals surface area contributed by atoms with Crippen LogP contribution >= 0.6 is 15.6 Å². The van der Waals surface area contributed by atoms with Gasteiger partial charge in [-0.1, -0.05) is 239 Å². The van der Waals surface area contributed by atoms with E-state index in [1.54, 1.807) is 0 Å². The predicted octanol–water partition coefficient (Wildman–Crippen LogP) is 5.14. The fraction of sp³-hybridized carbons (Fsp3) is 0.984. The third-order valence-corrected chi connectivity index (χ3v) is 19.9. The molecular formula is C62H121NO25P2. The van der Waals surface area contributed by atoms with Crippen molar-refractivity contribution in [1.82, 2.24) is 5.32 Å². The van der Waals surface area contributed by atoms with Gasteiger partial charge >= 0.3 is 15.6 Å². The van der Waals surface area contributed by atoms with E-state index in [-0.39, 0.29) is 12.8 Å². The molecular weight excluding hydrogens is 1220 g/mol. The van der Waals surface area contributed by atoms with E-state index >= 15 is 0 Å². The van der Waals surface area contributed by atoms with Gasteiger partial charge in [0.1, 0.15) is 104 Å². The smallest absolute Gasteiger partial charge is 0.391 e. The molecule has 0 aromatic rings. The van der Waals surface area contributed by atoms with E-state index < -0.39 is 157 Å². The second kappa shape index (κ2) is 46.3. The predicted molar refractivity (Wildman–Crippen MR) is 333 cm³/mol. The van der Waals surface area contributed by atoms with Crippen LogP contribution in [0.15, 0.2) is 0 Å². The van der Waals surface area contributed by atoms with Crippen LogP contribution in [0.4, 0.5) is 0 Å². The Morgan fingerprint density at radius 3 is 1.11 bits per heavy atom. The number of carbonyl (C=O) groups excluding carboxylic acids is 1. The highest BCUT2D eigenvalue weighted by molar-refractivity contribution is 7.47. The number of unbranched alkanes of at least 4 members (excludes halogenated alkanes) is 33. The Labute approximate surface area is 534 Å². The van der Waals surface area contributed by atoms with Crippen molar-refractivity contribution in [3.63, 3.8) is 0 Å². The van der Waals surface area contributed by atoms with Crippen molar-refractivity contribution < 1.29 is 123 Å². The molecule has 3 rings (SSSR count). The van der Waals surface area contributed by atoms with E-state index in [0.29, 0.717) is 12.8 Å². The monoisotopic (exact) mass is 1340 g/mol. The van der Waals surface area contributed by atoms with Gasteiger partial charge in [-0.2, -0.15) is 0 Å². The third kappa shape index (κ3) is 31.1. The Bertz CT molecular complexity index is 1920. The minimum Gasteiger partial charge on any atom is -0.391 e. The van der Waals surface area contributed by atoms with Gasteiger partial charge in [0, 0.05) is 0 Å². The molecule has 28 heteroatoms. The Morgan fingerprint density at radius 1 is 0.400 bits per heavy atom. The number of aliphatic hydroxyl groups is 14. The molecule has 2 aliphatic carbocycles. The maximum Gasteiger partial charge on any atom is 0.472 e. The molecule has 0 radical (unpaired) electrons.